The number of halogens is 1. The molecular formula is C12H19BrN2O. The minimum Gasteiger partial charge on any atom is -0.389 e. The number of nitrogens with one attached hydrogen (secondary N) is 1. The maximum atomic E-state index is 10.1. The van der Waals surface area contributed by atoms with Crippen LogP contribution >= 0.6 is 15.9 Å². The van der Waals surface area contributed by atoms with Gasteiger partial charge in [-0.1, -0.05) is 13.8 Å². The van der Waals surface area contributed by atoms with Crippen LogP contribution in [0.1, 0.15) is 32.3 Å². The fraction of sp³-hybridized carbons (Fsp3) is 0.583. The summed E-state index contributed by atoms with van der Waals surface area (Å²) in [6.45, 7) is 5.36. The molecule has 1 aromatic rings. The van der Waals surface area contributed by atoms with E-state index in [9.17, 15) is 5.11 Å². The number of pyridine rings is 1. The molecule has 0 radical (unpaired) electrons. The van der Waals surface area contributed by atoms with Gasteiger partial charge < -0.3 is 10.4 Å². The average molecular weight is 287 g/mol. The van der Waals surface area contributed by atoms with Crippen molar-refractivity contribution in [2.24, 2.45) is 0 Å². The topological polar surface area (TPSA) is 45.1 Å². The zero-order valence-electron chi connectivity index (χ0n) is 9.83. The van der Waals surface area contributed by atoms with E-state index in [2.05, 4.69) is 26.2 Å². The highest BCUT2D eigenvalue weighted by atomic mass is 79.9. The molecule has 0 amide bonds. The summed E-state index contributed by atoms with van der Waals surface area (Å²) in [4.78, 5) is 4.09. The van der Waals surface area contributed by atoms with Crippen molar-refractivity contribution in [3.8, 4) is 0 Å². The van der Waals surface area contributed by atoms with Gasteiger partial charge in [0.1, 0.15) is 0 Å². The molecular weight excluding hydrogens is 268 g/mol. The second-order valence-electron chi connectivity index (χ2n) is 4.05. The van der Waals surface area contributed by atoms with Crippen LogP contribution in [0.2, 0.25) is 0 Å². The van der Waals surface area contributed by atoms with E-state index in [4.69, 9.17) is 0 Å². The van der Waals surface area contributed by atoms with E-state index in [-0.39, 0.29) is 0 Å². The lowest BCUT2D eigenvalue weighted by Gasteiger charge is -2.25. The molecule has 0 aromatic carbocycles. The smallest absolute Gasteiger partial charge is 0.0766 e. The number of nitrogens with zero attached hydrogens (tertiary/aromatic N) is 1. The first-order chi connectivity index (χ1) is 7.59. The highest BCUT2D eigenvalue weighted by Gasteiger charge is 2.20. The second kappa shape index (κ2) is 6.33. The zero-order chi connectivity index (χ0) is 12.0. The van der Waals surface area contributed by atoms with Gasteiger partial charge >= 0.3 is 0 Å². The first-order valence-electron chi connectivity index (χ1n) is 5.62. The second-order valence-corrected chi connectivity index (χ2v) is 4.96. The molecule has 0 spiro atoms. The van der Waals surface area contributed by atoms with Crippen LogP contribution in [0.25, 0.3) is 0 Å². The SMILES string of the molecule is CCC(O)(CC)CNCc1cncc(Br)c1. The number of hydrogen-bond acceptors (Lipinski definition) is 3. The van der Waals surface area contributed by atoms with Crippen LogP contribution in [0, 0.1) is 0 Å². The molecule has 16 heavy (non-hydrogen) atoms. The maximum Gasteiger partial charge on any atom is 0.0766 e. The quantitative estimate of drug-likeness (QED) is 0.845. The van der Waals surface area contributed by atoms with Crippen molar-refractivity contribution < 1.29 is 5.11 Å². The molecule has 0 aliphatic rings. The van der Waals surface area contributed by atoms with E-state index in [1.54, 1.807) is 6.20 Å². The van der Waals surface area contributed by atoms with Crippen LogP contribution in [0.4, 0.5) is 0 Å². The fourth-order valence-corrected chi connectivity index (χ4v) is 1.90. The standard InChI is InChI=1S/C12H19BrN2O/c1-3-12(16,4-2)9-15-7-10-5-11(13)8-14-6-10/h5-6,8,15-16H,3-4,7,9H2,1-2H3. The number of rotatable bonds is 6. The van der Waals surface area contributed by atoms with Crippen molar-refractivity contribution in [3.05, 3.63) is 28.5 Å². The van der Waals surface area contributed by atoms with Crippen molar-refractivity contribution >= 4 is 15.9 Å². The minimum atomic E-state index is -0.584. The van der Waals surface area contributed by atoms with Gasteiger partial charge in [-0.25, -0.2) is 0 Å². The molecule has 0 saturated carbocycles. The largest absolute Gasteiger partial charge is 0.389 e. The Morgan fingerprint density at radius 2 is 2.06 bits per heavy atom. The summed E-state index contributed by atoms with van der Waals surface area (Å²) in [5.74, 6) is 0. The van der Waals surface area contributed by atoms with Gasteiger partial charge in [0.15, 0.2) is 0 Å². The van der Waals surface area contributed by atoms with Crippen molar-refractivity contribution in [1.29, 1.82) is 0 Å². The van der Waals surface area contributed by atoms with Crippen LogP contribution in [-0.2, 0) is 6.54 Å². The first-order valence-corrected chi connectivity index (χ1v) is 6.41. The highest BCUT2D eigenvalue weighted by molar-refractivity contribution is 9.10. The lowest BCUT2D eigenvalue weighted by molar-refractivity contribution is 0.0323. The van der Waals surface area contributed by atoms with E-state index >= 15 is 0 Å². The van der Waals surface area contributed by atoms with Gasteiger partial charge in [-0.15, -0.1) is 0 Å². The van der Waals surface area contributed by atoms with Gasteiger partial charge in [0.05, 0.1) is 5.60 Å². The lowest BCUT2D eigenvalue weighted by atomic mass is 9.97. The molecule has 0 saturated heterocycles. The molecule has 3 nitrogen and oxygen atoms in total. The predicted molar refractivity (Wildman–Crippen MR) is 69.2 cm³/mol. The third kappa shape index (κ3) is 4.20. The summed E-state index contributed by atoms with van der Waals surface area (Å²) >= 11 is 3.38. The molecule has 0 aliphatic carbocycles. The third-order valence-corrected chi connectivity index (χ3v) is 3.29. The Balaban J connectivity index is 2.41. The number of aromatic nitrogens is 1. The van der Waals surface area contributed by atoms with E-state index in [0.717, 1.165) is 29.4 Å². The fourth-order valence-electron chi connectivity index (χ4n) is 1.49. The van der Waals surface area contributed by atoms with Crippen LogP contribution in [0.5, 0.6) is 0 Å². The van der Waals surface area contributed by atoms with Crippen molar-refractivity contribution in [2.75, 3.05) is 6.54 Å². The molecule has 0 unspecified atom stereocenters. The molecule has 90 valence electrons. The Labute approximate surface area is 105 Å². The highest BCUT2D eigenvalue weighted by Crippen LogP contribution is 2.13. The van der Waals surface area contributed by atoms with Gasteiger partial charge in [0.2, 0.25) is 0 Å². The van der Waals surface area contributed by atoms with Gasteiger partial charge in [-0.2, -0.15) is 0 Å². The van der Waals surface area contributed by atoms with Gasteiger partial charge in [0, 0.05) is 30.0 Å². The van der Waals surface area contributed by atoms with E-state index in [1.807, 2.05) is 26.1 Å². The molecule has 0 fully saturated rings. The Hall–Kier alpha value is -0.450. The first kappa shape index (κ1) is 13.6. The van der Waals surface area contributed by atoms with Crippen LogP contribution in [0.15, 0.2) is 22.9 Å². The molecule has 1 rings (SSSR count). The summed E-state index contributed by atoms with van der Waals surface area (Å²) in [6.07, 6.45) is 5.13. The van der Waals surface area contributed by atoms with Gasteiger partial charge in [-0.05, 0) is 40.4 Å². The monoisotopic (exact) mass is 286 g/mol. The summed E-state index contributed by atoms with van der Waals surface area (Å²) in [7, 11) is 0. The third-order valence-electron chi connectivity index (χ3n) is 2.86. The van der Waals surface area contributed by atoms with Gasteiger partial charge in [-0.3, -0.25) is 4.98 Å². The summed E-state index contributed by atoms with van der Waals surface area (Å²) in [6, 6.07) is 2.02. The minimum absolute atomic E-state index is 0.584. The van der Waals surface area contributed by atoms with Crippen LogP contribution < -0.4 is 5.32 Å². The molecule has 0 aliphatic heterocycles. The molecule has 0 bridgehead atoms. The molecule has 2 N–H and O–H groups in total. The Bertz CT molecular complexity index is 327. The number of aliphatic hydroxyl groups is 1. The Kier molecular flexibility index (Phi) is 5.38. The van der Waals surface area contributed by atoms with Gasteiger partial charge in [0.25, 0.3) is 0 Å². The Morgan fingerprint density at radius 1 is 1.38 bits per heavy atom. The van der Waals surface area contributed by atoms with E-state index in [1.165, 1.54) is 0 Å². The van der Waals surface area contributed by atoms with Crippen molar-refractivity contribution in [2.45, 2.75) is 38.8 Å². The van der Waals surface area contributed by atoms with Crippen LogP contribution in [0.3, 0.4) is 0 Å². The van der Waals surface area contributed by atoms with E-state index < -0.39 is 5.60 Å². The van der Waals surface area contributed by atoms with Crippen LogP contribution in [-0.4, -0.2) is 22.2 Å². The Morgan fingerprint density at radius 3 is 2.62 bits per heavy atom. The maximum absolute atomic E-state index is 10.1. The van der Waals surface area contributed by atoms with E-state index in [0.29, 0.717) is 6.54 Å². The van der Waals surface area contributed by atoms with Crippen molar-refractivity contribution in [1.82, 2.24) is 10.3 Å². The number of hydrogen-bond donors (Lipinski definition) is 2. The normalized spacial score (nSPS) is 11.8. The predicted octanol–water partition coefficient (Wildman–Crippen LogP) is 2.48. The lowest BCUT2D eigenvalue weighted by Crippen LogP contribution is -2.39. The average Bonchev–Trinajstić information content (AvgIpc) is 2.29. The summed E-state index contributed by atoms with van der Waals surface area (Å²) in [5, 5.41) is 13.3. The summed E-state index contributed by atoms with van der Waals surface area (Å²) in [5.41, 5.74) is 0.531. The molecule has 1 aromatic heterocycles. The molecule has 1 heterocycles. The molecule has 4 heteroatoms. The van der Waals surface area contributed by atoms with Crippen molar-refractivity contribution in [3.63, 3.8) is 0 Å². The zero-order valence-corrected chi connectivity index (χ0v) is 11.4. The summed E-state index contributed by atoms with van der Waals surface area (Å²) < 4.78 is 0.980. The molecule has 0 atom stereocenters.